The third kappa shape index (κ3) is 5.32. The van der Waals surface area contributed by atoms with Gasteiger partial charge in [-0.25, -0.2) is 4.79 Å². The third-order valence-corrected chi connectivity index (χ3v) is 6.99. The molecule has 1 aliphatic carbocycles. The molecule has 2 aliphatic rings. The first-order valence-electron chi connectivity index (χ1n) is 11.6. The first-order chi connectivity index (χ1) is 16.3. The number of hydrogen-bond acceptors (Lipinski definition) is 8. The highest BCUT2D eigenvalue weighted by atomic mass is 32.2. The van der Waals surface area contributed by atoms with Crippen LogP contribution in [-0.4, -0.2) is 49.6 Å². The molecule has 1 heterocycles. The Hall–Kier alpha value is -2.74. The maximum atomic E-state index is 13.7. The predicted octanol–water partition coefficient (Wildman–Crippen LogP) is 3.99. The van der Waals surface area contributed by atoms with Crippen molar-refractivity contribution in [1.82, 2.24) is 5.32 Å². The molecule has 8 heteroatoms. The molecular formula is C26H33NO6S. The fourth-order valence-corrected chi connectivity index (χ4v) is 5.14. The molecule has 1 aliphatic heterocycles. The molecule has 0 fully saturated rings. The number of carbonyl (C=O) groups excluding carboxylic acids is 3. The van der Waals surface area contributed by atoms with E-state index >= 15 is 0 Å². The molecule has 3 rings (SSSR count). The number of nitrogens with one attached hydrogen (secondary N) is 1. The number of carbonyl (C=O) groups is 3. The second kappa shape index (κ2) is 11.6. The van der Waals surface area contributed by atoms with E-state index in [1.165, 1.54) is 7.11 Å². The van der Waals surface area contributed by atoms with E-state index in [1.54, 1.807) is 11.8 Å². The number of Topliss-reactive ketones (excluding diaryl/α,β-unsaturated/α-hetero) is 1. The molecule has 1 aromatic rings. The highest BCUT2D eigenvalue weighted by Crippen LogP contribution is 2.46. The molecule has 0 spiro atoms. The van der Waals surface area contributed by atoms with E-state index in [9.17, 15) is 14.4 Å². The van der Waals surface area contributed by atoms with E-state index < -0.39 is 23.8 Å². The average molecular weight is 488 g/mol. The Balaban J connectivity index is 2.09. The maximum Gasteiger partial charge on any atom is 0.336 e. The van der Waals surface area contributed by atoms with Crippen molar-refractivity contribution in [3.05, 3.63) is 52.4 Å². The van der Waals surface area contributed by atoms with Gasteiger partial charge in [-0.2, -0.15) is 11.8 Å². The van der Waals surface area contributed by atoms with Crippen LogP contribution in [0.3, 0.4) is 0 Å². The highest BCUT2D eigenvalue weighted by Gasteiger charge is 2.47. The van der Waals surface area contributed by atoms with Crippen LogP contribution in [0.1, 0.15) is 45.6 Å². The molecule has 0 radical (unpaired) electrons. The van der Waals surface area contributed by atoms with E-state index in [4.69, 9.17) is 14.2 Å². The Bertz CT molecular complexity index is 1010. The van der Waals surface area contributed by atoms with E-state index in [0.717, 1.165) is 17.0 Å². The molecule has 0 saturated heterocycles. The van der Waals surface area contributed by atoms with Crippen LogP contribution in [0.2, 0.25) is 0 Å². The molecular weight excluding hydrogens is 454 g/mol. The maximum absolute atomic E-state index is 13.7. The Kier molecular flexibility index (Phi) is 8.83. The van der Waals surface area contributed by atoms with Gasteiger partial charge in [-0.3, -0.25) is 9.59 Å². The molecule has 3 atom stereocenters. The summed E-state index contributed by atoms with van der Waals surface area (Å²) in [5, 5.41) is 3.28. The molecule has 34 heavy (non-hydrogen) atoms. The van der Waals surface area contributed by atoms with Crippen LogP contribution in [0.25, 0.3) is 0 Å². The summed E-state index contributed by atoms with van der Waals surface area (Å²) in [5.41, 5.74) is 2.92. The van der Waals surface area contributed by atoms with Gasteiger partial charge in [0.25, 0.3) is 0 Å². The molecule has 1 N–H and O–H groups in total. The lowest BCUT2D eigenvalue weighted by molar-refractivity contribution is -0.151. The fraction of sp³-hybridized carbons (Fsp3) is 0.500. The Labute approximate surface area is 205 Å². The predicted molar refractivity (Wildman–Crippen MR) is 131 cm³/mol. The second-order valence-electron chi connectivity index (χ2n) is 8.37. The summed E-state index contributed by atoms with van der Waals surface area (Å²) in [5.74, 6) is -0.888. The number of dihydropyridines is 1. The van der Waals surface area contributed by atoms with Crippen molar-refractivity contribution >= 4 is 29.5 Å². The lowest BCUT2D eigenvalue weighted by atomic mass is 9.69. The molecule has 0 unspecified atom stereocenters. The van der Waals surface area contributed by atoms with Gasteiger partial charge in [-0.05, 0) is 49.6 Å². The van der Waals surface area contributed by atoms with Gasteiger partial charge >= 0.3 is 11.9 Å². The Morgan fingerprint density at radius 3 is 2.68 bits per heavy atom. The molecule has 0 amide bonds. The fourth-order valence-electron chi connectivity index (χ4n) is 4.65. The van der Waals surface area contributed by atoms with Gasteiger partial charge in [0, 0.05) is 28.6 Å². The first-order valence-corrected chi connectivity index (χ1v) is 12.8. The molecule has 0 bridgehead atoms. The van der Waals surface area contributed by atoms with Crippen LogP contribution >= 0.6 is 11.8 Å². The summed E-state index contributed by atoms with van der Waals surface area (Å²) < 4.78 is 16.2. The van der Waals surface area contributed by atoms with E-state index in [1.807, 2.05) is 52.0 Å². The molecule has 7 nitrogen and oxygen atoms in total. The van der Waals surface area contributed by atoms with E-state index in [-0.39, 0.29) is 18.3 Å². The molecule has 184 valence electrons. The summed E-state index contributed by atoms with van der Waals surface area (Å²) in [4.78, 5) is 39.5. The normalized spacial score (nSPS) is 22.1. The molecule has 1 aromatic carbocycles. The van der Waals surface area contributed by atoms with Gasteiger partial charge in [-0.1, -0.05) is 26.0 Å². The van der Waals surface area contributed by atoms with Crippen LogP contribution < -0.4 is 10.1 Å². The third-order valence-electron chi connectivity index (χ3n) is 6.13. The minimum atomic E-state index is -0.917. The van der Waals surface area contributed by atoms with Crippen molar-refractivity contribution in [2.24, 2.45) is 11.8 Å². The van der Waals surface area contributed by atoms with Crippen LogP contribution in [0.5, 0.6) is 5.75 Å². The van der Waals surface area contributed by atoms with E-state index in [0.29, 0.717) is 41.4 Å². The van der Waals surface area contributed by atoms with Gasteiger partial charge in [0.15, 0.2) is 5.78 Å². The zero-order valence-electron chi connectivity index (χ0n) is 20.4. The highest BCUT2D eigenvalue weighted by molar-refractivity contribution is 7.99. The molecule has 0 saturated carbocycles. The lowest BCUT2D eigenvalue weighted by Gasteiger charge is -2.38. The Morgan fingerprint density at radius 1 is 1.24 bits per heavy atom. The SMILES string of the molecule is CCOc1cccc([C@@H]2C(C(=O)OCCSCC)=C(C)NC3=C2C(=O)[C@H](C(=O)OC)[C@@H](C)C3)c1. The average Bonchev–Trinajstić information content (AvgIpc) is 2.81. The largest absolute Gasteiger partial charge is 0.494 e. The van der Waals surface area contributed by atoms with Crippen LogP contribution in [0, 0.1) is 11.8 Å². The lowest BCUT2D eigenvalue weighted by Crippen LogP contribution is -2.43. The van der Waals surface area contributed by atoms with Gasteiger partial charge in [0.1, 0.15) is 18.3 Å². The molecule has 0 aromatic heterocycles. The van der Waals surface area contributed by atoms with Crippen molar-refractivity contribution in [2.75, 3.05) is 31.8 Å². The minimum absolute atomic E-state index is 0.228. The van der Waals surface area contributed by atoms with E-state index in [2.05, 4.69) is 5.32 Å². The number of rotatable bonds is 9. The van der Waals surface area contributed by atoms with Crippen molar-refractivity contribution in [3.63, 3.8) is 0 Å². The van der Waals surface area contributed by atoms with Gasteiger partial charge in [0.05, 0.1) is 19.3 Å². The second-order valence-corrected chi connectivity index (χ2v) is 9.77. The van der Waals surface area contributed by atoms with Crippen LogP contribution in [0.4, 0.5) is 0 Å². The van der Waals surface area contributed by atoms with Crippen molar-refractivity contribution in [2.45, 2.75) is 40.0 Å². The number of thioether (sulfide) groups is 1. The summed E-state index contributed by atoms with van der Waals surface area (Å²) in [6.45, 7) is 8.40. The summed E-state index contributed by atoms with van der Waals surface area (Å²) in [7, 11) is 1.29. The van der Waals surface area contributed by atoms with Crippen LogP contribution in [0.15, 0.2) is 46.8 Å². The Morgan fingerprint density at radius 2 is 2.00 bits per heavy atom. The quantitative estimate of drug-likeness (QED) is 0.318. The smallest absolute Gasteiger partial charge is 0.336 e. The van der Waals surface area contributed by atoms with Crippen molar-refractivity contribution in [1.29, 1.82) is 0 Å². The summed E-state index contributed by atoms with van der Waals surface area (Å²) >= 11 is 1.69. The summed E-state index contributed by atoms with van der Waals surface area (Å²) in [6, 6.07) is 7.39. The van der Waals surface area contributed by atoms with Crippen molar-refractivity contribution in [3.8, 4) is 5.75 Å². The zero-order chi connectivity index (χ0) is 24.8. The number of hydrogen-bond donors (Lipinski definition) is 1. The number of methoxy groups -OCH3 is 1. The number of benzene rings is 1. The summed E-state index contributed by atoms with van der Waals surface area (Å²) in [6.07, 6.45) is 0.495. The van der Waals surface area contributed by atoms with Gasteiger partial charge < -0.3 is 19.5 Å². The number of ether oxygens (including phenoxy) is 3. The van der Waals surface area contributed by atoms with Gasteiger partial charge in [0.2, 0.25) is 0 Å². The van der Waals surface area contributed by atoms with Crippen LogP contribution in [-0.2, 0) is 23.9 Å². The number of ketones is 1. The zero-order valence-corrected chi connectivity index (χ0v) is 21.3. The standard InChI is InChI=1S/C26H33NO6S/c1-6-32-18-10-8-9-17(14-18)22-21(26(30)33-11-12-34-7-2)16(4)27-19-13-15(3)20(25(29)31-5)24(28)23(19)22/h8-10,14-15,20,22,27H,6-7,11-13H2,1-5H3/t15-,20+,22+/m0/s1. The minimum Gasteiger partial charge on any atom is -0.494 e. The first kappa shape index (κ1) is 25.9. The van der Waals surface area contributed by atoms with Gasteiger partial charge in [-0.15, -0.1) is 0 Å². The monoisotopic (exact) mass is 487 g/mol. The topological polar surface area (TPSA) is 90.9 Å². The van der Waals surface area contributed by atoms with Crippen molar-refractivity contribution < 1.29 is 28.6 Å². The number of esters is 2. The number of allylic oxidation sites excluding steroid dienone is 3.